The van der Waals surface area contributed by atoms with E-state index in [0.717, 1.165) is 13.8 Å². The third-order valence-electron chi connectivity index (χ3n) is 4.66. The first-order valence-corrected chi connectivity index (χ1v) is 13.5. The van der Waals surface area contributed by atoms with Crippen molar-refractivity contribution >= 4 is 43.2 Å². The van der Waals surface area contributed by atoms with Gasteiger partial charge in [0.25, 0.3) is 20.0 Å². The van der Waals surface area contributed by atoms with Crippen molar-refractivity contribution in [1.29, 1.82) is 0 Å². The van der Waals surface area contributed by atoms with E-state index in [1.54, 1.807) is 10.0 Å². The van der Waals surface area contributed by atoms with Gasteiger partial charge in [-0.05, 0) is 48.5 Å². The molecule has 0 unspecified atom stereocenters. The number of benzene rings is 2. The Balaban J connectivity index is 1.50. The van der Waals surface area contributed by atoms with Gasteiger partial charge < -0.3 is 0 Å². The number of hydrogen-bond acceptors (Lipinski definition) is 10. The smallest absolute Gasteiger partial charge is 0.264 e. The van der Waals surface area contributed by atoms with Crippen molar-refractivity contribution in [3.05, 3.63) is 48.5 Å². The average Bonchev–Trinajstić information content (AvgIpc) is 2.81. The molecule has 0 radical (unpaired) electrons. The number of amides is 2. The van der Waals surface area contributed by atoms with Gasteiger partial charge >= 0.3 is 0 Å². The molecule has 0 aromatic heterocycles. The van der Waals surface area contributed by atoms with Crippen LogP contribution < -0.4 is 9.44 Å². The lowest BCUT2D eigenvalue weighted by Gasteiger charge is -2.29. The molecule has 1 heterocycles. The summed E-state index contributed by atoms with van der Waals surface area (Å²) in [5.41, 5.74) is 0.894. The number of rotatable bonds is 8. The molecule has 2 aromatic carbocycles. The highest BCUT2D eigenvalue weighted by Crippen LogP contribution is 2.19. The Kier molecular flexibility index (Phi) is 8.31. The number of piperazine rings is 1. The number of carbonyl (C=O) groups is 2. The Labute approximate surface area is 208 Å². The van der Waals surface area contributed by atoms with Crippen molar-refractivity contribution in [1.82, 2.24) is 19.5 Å². The third-order valence-corrected chi connectivity index (χ3v) is 7.55. The van der Waals surface area contributed by atoms with Gasteiger partial charge in [-0.15, -0.1) is 10.2 Å². The second-order valence-corrected chi connectivity index (χ2v) is 11.0. The van der Waals surface area contributed by atoms with Gasteiger partial charge in [-0.25, -0.2) is 26.3 Å². The number of hydrogen-bond donors (Lipinski definition) is 2. The SMILES string of the molecule is CC(=O)NS(=O)(=O)c1ccc(N=NN2CCN(N=Nc3ccc(S(=O)(=O)NC(C)=O)cc3)CC2)cc1. The average molecular weight is 537 g/mol. The molecule has 16 heteroatoms. The van der Waals surface area contributed by atoms with Crippen LogP contribution in [0.25, 0.3) is 0 Å². The van der Waals surface area contributed by atoms with Crippen LogP contribution in [-0.4, -0.2) is 64.8 Å². The standard InChI is InChI=1S/C20H24N8O6S2/c1-15(29)23-35(31,32)19-7-3-17(4-8-19)21-25-27-11-13-28(14-12-27)26-22-18-5-9-20(10-6-18)36(33,34)24-16(2)30/h3-10H,11-14H2,1-2H3,(H,23,29)(H,24,30). The summed E-state index contributed by atoms with van der Waals surface area (Å²) in [6.45, 7) is 4.31. The summed E-state index contributed by atoms with van der Waals surface area (Å²) >= 11 is 0. The first-order chi connectivity index (χ1) is 16.9. The molecule has 0 atom stereocenters. The minimum Gasteiger partial charge on any atom is -0.275 e. The molecule has 1 saturated heterocycles. The van der Waals surface area contributed by atoms with Crippen LogP contribution in [0.15, 0.2) is 79.0 Å². The van der Waals surface area contributed by atoms with Crippen molar-refractivity contribution in [2.75, 3.05) is 26.2 Å². The van der Waals surface area contributed by atoms with Crippen molar-refractivity contribution in [3.63, 3.8) is 0 Å². The maximum Gasteiger partial charge on any atom is 0.264 e. The second-order valence-electron chi connectivity index (χ2n) is 7.60. The van der Waals surface area contributed by atoms with Gasteiger partial charge in [-0.1, -0.05) is 10.4 Å². The van der Waals surface area contributed by atoms with Crippen LogP contribution in [0.2, 0.25) is 0 Å². The third kappa shape index (κ3) is 7.54. The van der Waals surface area contributed by atoms with Gasteiger partial charge in [-0.2, -0.15) is 0 Å². The lowest BCUT2D eigenvalue weighted by molar-refractivity contribution is -0.118. The largest absolute Gasteiger partial charge is 0.275 e. The molecule has 1 fully saturated rings. The molecule has 0 spiro atoms. The number of sulfonamides is 2. The fraction of sp³-hybridized carbons (Fsp3) is 0.300. The summed E-state index contributed by atoms with van der Waals surface area (Å²) < 4.78 is 51.7. The van der Waals surface area contributed by atoms with E-state index in [4.69, 9.17) is 0 Å². The zero-order valence-corrected chi connectivity index (χ0v) is 21.0. The molecule has 192 valence electrons. The zero-order valence-electron chi connectivity index (χ0n) is 19.4. The number of nitrogens with one attached hydrogen (secondary N) is 2. The normalized spacial score (nSPS) is 14.8. The number of carbonyl (C=O) groups excluding carboxylic acids is 2. The molecule has 36 heavy (non-hydrogen) atoms. The van der Waals surface area contributed by atoms with Crippen LogP contribution in [0.1, 0.15) is 13.8 Å². The van der Waals surface area contributed by atoms with E-state index in [-0.39, 0.29) is 9.79 Å². The molecule has 2 aromatic rings. The van der Waals surface area contributed by atoms with Crippen LogP contribution in [0.5, 0.6) is 0 Å². The predicted molar refractivity (Wildman–Crippen MR) is 127 cm³/mol. The fourth-order valence-corrected chi connectivity index (χ4v) is 4.96. The Morgan fingerprint density at radius 2 is 0.944 bits per heavy atom. The minimum absolute atomic E-state index is 0.0559. The highest BCUT2D eigenvalue weighted by atomic mass is 32.2. The van der Waals surface area contributed by atoms with Gasteiger partial charge in [0.2, 0.25) is 11.8 Å². The van der Waals surface area contributed by atoms with E-state index >= 15 is 0 Å². The Bertz CT molecular complexity index is 1260. The van der Waals surface area contributed by atoms with Crippen molar-refractivity contribution in [2.24, 2.45) is 20.7 Å². The van der Waals surface area contributed by atoms with E-state index < -0.39 is 31.9 Å². The molecule has 3 rings (SSSR count). The van der Waals surface area contributed by atoms with Gasteiger partial charge in [0.1, 0.15) is 0 Å². The quantitative estimate of drug-likeness (QED) is 0.477. The molecule has 14 nitrogen and oxygen atoms in total. The molecule has 2 amide bonds. The molecule has 2 N–H and O–H groups in total. The van der Waals surface area contributed by atoms with E-state index in [2.05, 4.69) is 20.7 Å². The van der Waals surface area contributed by atoms with Crippen molar-refractivity contribution in [3.8, 4) is 0 Å². The molecule has 1 aliphatic heterocycles. The van der Waals surface area contributed by atoms with Crippen molar-refractivity contribution < 1.29 is 26.4 Å². The molecular formula is C20H24N8O6S2. The van der Waals surface area contributed by atoms with Crippen LogP contribution in [-0.2, 0) is 29.6 Å². The van der Waals surface area contributed by atoms with Crippen LogP contribution in [0.4, 0.5) is 11.4 Å². The van der Waals surface area contributed by atoms with Gasteiger partial charge in [0, 0.05) is 13.8 Å². The topological polar surface area (TPSA) is 182 Å². The lowest BCUT2D eigenvalue weighted by Crippen LogP contribution is -2.40. The monoisotopic (exact) mass is 536 g/mol. The van der Waals surface area contributed by atoms with E-state index in [9.17, 15) is 26.4 Å². The molecule has 1 aliphatic rings. The van der Waals surface area contributed by atoms with E-state index in [0.29, 0.717) is 37.6 Å². The number of nitrogens with zero attached hydrogens (tertiary/aromatic N) is 6. The summed E-state index contributed by atoms with van der Waals surface area (Å²) in [4.78, 5) is 21.9. The second kappa shape index (κ2) is 11.2. The summed E-state index contributed by atoms with van der Waals surface area (Å²) in [5.74, 6) is -1.35. The van der Waals surface area contributed by atoms with Gasteiger partial charge in [0.05, 0.1) is 47.3 Å². The van der Waals surface area contributed by atoms with Crippen LogP contribution in [0.3, 0.4) is 0 Å². The minimum atomic E-state index is -3.91. The lowest BCUT2D eigenvalue weighted by atomic mass is 10.3. The zero-order chi connectivity index (χ0) is 26.3. The first kappa shape index (κ1) is 26.7. The fourth-order valence-electron chi connectivity index (χ4n) is 2.97. The maximum absolute atomic E-state index is 12.0. The Morgan fingerprint density at radius 1 is 0.639 bits per heavy atom. The summed E-state index contributed by atoms with van der Waals surface area (Å²) in [6, 6.07) is 11.3. The summed E-state index contributed by atoms with van der Waals surface area (Å²) in [7, 11) is -7.81. The van der Waals surface area contributed by atoms with E-state index in [1.165, 1.54) is 48.5 Å². The summed E-state index contributed by atoms with van der Waals surface area (Å²) in [5, 5.41) is 20.0. The van der Waals surface area contributed by atoms with E-state index in [1.807, 2.05) is 9.44 Å². The molecule has 0 saturated carbocycles. The molecular weight excluding hydrogens is 512 g/mol. The molecule has 0 aliphatic carbocycles. The summed E-state index contributed by atoms with van der Waals surface area (Å²) in [6.07, 6.45) is 0. The van der Waals surface area contributed by atoms with Crippen LogP contribution in [0, 0.1) is 0 Å². The van der Waals surface area contributed by atoms with Gasteiger partial charge in [0.15, 0.2) is 0 Å². The highest BCUT2D eigenvalue weighted by molar-refractivity contribution is 7.90. The Morgan fingerprint density at radius 3 is 1.22 bits per heavy atom. The predicted octanol–water partition coefficient (Wildman–Crippen LogP) is 1.65. The van der Waals surface area contributed by atoms with Crippen LogP contribution >= 0.6 is 0 Å². The first-order valence-electron chi connectivity index (χ1n) is 10.5. The molecule has 0 bridgehead atoms. The maximum atomic E-state index is 12.0. The highest BCUT2D eigenvalue weighted by Gasteiger charge is 2.17. The van der Waals surface area contributed by atoms with Gasteiger partial charge in [-0.3, -0.25) is 19.6 Å². The van der Waals surface area contributed by atoms with Crippen molar-refractivity contribution in [2.45, 2.75) is 23.6 Å². The Hall–Kier alpha value is -3.92.